The molecule has 0 bridgehead atoms. The molecule has 3 aromatic rings. The zero-order valence-electron chi connectivity index (χ0n) is 18.3. The number of hydrogen-bond acceptors (Lipinski definition) is 5. The first kappa shape index (κ1) is 23.2. The molecule has 0 aliphatic carbocycles. The van der Waals surface area contributed by atoms with Gasteiger partial charge >= 0.3 is 5.97 Å². The first-order valence-electron chi connectivity index (χ1n) is 10.4. The van der Waals surface area contributed by atoms with Crippen LogP contribution in [0.3, 0.4) is 0 Å². The number of thiazole rings is 1. The Bertz CT molecular complexity index is 1060. The third-order valence-electron chi connectivity index (χ3n) is 5.15. The molecule has 1 unspecified atom stereocenters. The van der Waals surface area contributed by atoms with E-state index in [1.54, 1.807) is 17.5 Å². The number of nitrogens with one attached hydrogen (secondary N) is 1. The number of halogens is 1. The highest BCUT2D eigenvalue weighted by Gasteiger charge is 2.21. The number of rotatable bonds is 9. The molecule has 31 heavy (non-hydrogen) atoms. The second kappa shape index (κ2) is 10.2. The van der Waals surface area contributed by atoms with Crippen LogP contribution in [0.4, 0.5) is 5.13 Å². The molecule has 0 amide bonds. The molecule has 0 saturated carbocycles. The van der Waals surface area contributed by atoms with Crippen LogP contribution in [0.25, 0.3) is 11.3 Å². The summed E-state index contributed by atoms with van der Waals surface area (Å²) < 4.78 is 0. The van der Waals surface area contributed by atoms with Crippen molar-refractivity contribution in [3.8, 4) is 11.3 Å². The predicted molar refractivity (Wildman–Crippen MR) is 128 cm³/mol. The third kappa shape index (κ3) is 6.05. The van der Waals surface area contributed by atoms with Gasteiger partial charge in [-0.05, 0) is 61.9 Å². The molecule has 2 N–H and O–H groups in total. The van der Waals surface area contributed by atoms with E-state index in [0.717, 1.165) is 44.7 Å². The van der Waals surface area contributed by atoms with Gasteiger partial charge in [0, 0.05) is 33.9 Å². The van der Waals surface area contributed by atoms with Gasteiger partial charge in [-0.3, -0.25) is 9.78 Å². The lowest BCUT2D eigenvalue weighted by Crippen LogP contribution is -2.25. The Morgan fingerprint density at radius 3 is 2.65 bits per heavy atom. The number of hydrogen-bond donors (Lipinski definition) is 2. The van der Waals surface area contributed by atoms with Crippen LogP contribution in [0.5, 0.6) is 0 Å². The highest BCUT2D eigenvalue weighted by atomic mass is 35.5. The van der Waals surface area contributed by atoms with Crippen molar-refractivity contribution < 1.29 is 9.90 Å². The van der Waals surface area contributed by atoms with Gasteiger partial charge in [0.25, 0.3) is 0 Å². The molecular formula is C24H28ClN3O2S. The number of aromatic nitrogens is 2. The lowest BCUT2D eigenvalue weighted by Gasteiger charge is -2.14. The summed E-state index contributed by atoms with van der Waals surface area (Å²) in [4.78, 5) is 22.1. The summed E-state index contributed by atoms with van der Waals surface area (Å²) in [5.41, 5.74) is 4.80. The summed E-state index contributed by atoms with van der Waals surface area (Å²) in [5.74, 6) is -0.911. The maximum atomic E-state index is 11.9. The molecule has 0 saturated heterocycles. The van der Waals surface area contributed by atoms with Crippen LogP contribution in [0, 0.1) is 25.7 Å². The fraction of sp³-hybridized carbons (Fsp3) is 0.375. The van der Waals surface area contributed by atoms with E-state index in [0.29, 0.717) is 18.9 Å². The minimum Gasteiger partial charge on any atom is -0.481 e. The molecule has 2 heterocycles. The Labute approximate surface area is 192 Å². The molecule has 0 radical (unpaired) electrons. The summed E-state index contributed by atoms with van der Waals surface area (Å²) in [7, 11) is 0. The Morgan fingerprint density at radius 2 is 2.00 bits per heavy atom. The molecule has 2 aromatic heterocycles. The number of carbonyl (C=O) groups is 1. The van der Waals surface area contributed by atoms with E-state index in [1.165, 1.54) is 4.88 Å². The molecule has 0 aliphatic heterocycles. The number of nitrogens with zero attached hydrogens (tertiary/aromatic N) is 2. The topological polar surface area (TPSA) is 75.1 Å². The van der Waals surface area contributed by atoms with Crippen LogP contribution in [-0.2, 0) is 17.6 Å². The van der Waals surface area contributed by atoms with E-state index < -0.39 is 11.9 Å². The van der Waals surface area contributed by atoms with Crippen LogP contribution in [0.1, 0.15) is 35.5 Å². The van der Waals surface area contributed by atoms with Gasteiger partial charge in [-0.25, -0.2) is 4.98 Å². The number of benzene rings is 1. The number of carboxylic acids is 1. The van der Waals surface area contributed by atoms with E-state index >= 15 is 0 Å². The van der Waals surface area contributed by atoms with Gasteiger partial charge in [0.1, 0.15) is 0 Å². The van der Waals surface area contributed by atoms with Crippen molar-refractivity contribution in [3.05, 3.63) is 63.2 Å². The SMILES string of the molecule is Cc1cc(-c2nc(NCC(Cc3cccnc3C)C(=O)O)sc2CC(C)C)ccc1Cl. The zero-order chi connectivity index (χ0) is 22.5. The number of aryl methyl sites for hydroxylation is 2. The predicted octanol–water partition coefficient (Wildman–Crippen LogP) is 6.03. The number of aliphatic carboxylic acids is 1. The molecular weight excluding hydrogens is 430 g/mol. The van der Waals surface area contributed by atoms with Crippen molar-refractivity contribution in [1.29, 1.82) is 0 Å². The molecule has 164 valence electrons. The van der Waals surface area contributed by atoms with Crippen LogP contribution < -0.4 is 5.32 Å². The van der Waals surface area contributed by atoms with Gasteiger partial charge in [-0.15, -0.1) is 11.3 Å². The number of pyridine rings is 1. The van der Waals surface area contributed by atoms with Gasteiger partial charge in [0.05, 0.1) is 11.6 Å². The maximum Gasteiger partial charge on any atom is 0.308 e. The lowest BCUT2D eigenvalue weighted by atomic mass is 9.98. The number of anilines is 1. The van der Waals surface area contributed by atoms with Crippen LogP contribution in [0.2, 0.25) is 5.02 Å². The van der Waals surface area contributed by atoms with E-state index in [4.69, 9.17) is 16.6 Å². The summed E-state index contributed by atoms with van der Waals surface area (Å²) in [6.07, 6.45) is 3.06. The fourth-order valence-electron chi connectivity index (χ4n) is 3.41. The Balaban J connectivity index is 1.81. The van der Waals surface area contributed by atoms with Crippen LogP contribution in [0.15, 0.2) is 36.5 Å². The molecule has 0 aliphatic rings. The van der Waals surface area contributed by atoms with Gasteiger partial charge < -0.3 is 10.4 Å². The molecule has 1 aromatic carbocycles. The fourth-order valence-corrected chi connectivity index (χ4v) is 4.73. The first-order chi connectivity index (χ1) is 14.7. The highest BCUT2D eigenvalue weighted by molar-refractivity contribution is 7.16. The average molecular weight is 458 g/mol. The second-order valence-corrected chi connectivity index (χ2v) is 9.71. The monoisotopic (exact) mass is 457 g/mol. The van der Waals surface area contributed by atoms with Crippen molar-refractivity contribution >= 4 is 34.0 Å². The van der Waals surface area contributed by atoms with Crippen molar-refractivity contribution in [2.24, 2.45) is 11.8 Å². The Hall–Kier alpha value is -2.44. The molecule has 0 fully saturated rings. The van der Waals surface area contributed by atoms with Gasteiger partial charge in [-0.2, -0.15) is 0 Å². The maximum absolute atomic E-state index is 11.9. The van der Waals surface area contributed by atoms with Crippen LogP contribution >= 0.6 is 22.9 Å². The standard InChI is InChI=1S/C24H28ClN3O2S/c1-14(2)10-21-22(18-7-8-20(25)15(3)11-18)28-24(31-21)27-13-19(23(29)30)12-17-6-5-9-26-16(17)4/h5-9,11,14,19H,10,12-13H2,1-4H3,(H,27,28)(H,29,30). The third-order valence-corrected chi connectivity index (χ3v) is 6.61. The van der Waals surface area contributed by atoms with Gasteiger partial charge in [0.2, 0.25) is 0 Å². The quantitative estimate of drug-likeness (QED) is 0.410. The number of carboxylic acid groups (broad SMARTS) is 1. The van der Waals surface area contributed by atoms with Crippen molar-refractivity contribution in [2.75, 3.05) is 11.9 Å². The smallest absolute Gasteiger partial charge is 0.308 e. The molecule has 5 nitrogen and oxygen atoms in total. The van der Waals surface area contributed by atoms with Gasteiger partial charge in [0.15, 0.2) is 5.13 Å². The summed E-state index contributed by atoms with van der Waals surface area (Å²) >= 11 is 7.79. The van der Waals surface area contributed by atoms with Crippen molar-refractivity contribution in [1.82, 2.24) is 9.97 Å². The summed E-state index contributed by atoms with van der Waals surface area (Å²) in [6, 6.07) is 9.71. The highest BCUT2D eigenvalue weighted by Crippen LogP contribution is 2.34. The first-order valence-corrected chi connectivity index (χ1v) is 11.6. The van der Waals surface area contributed by atoms with E-state index in [-0.39, 0.29) is 0 Å². The van der Waals surface area contributed by atoms with Crippen molar-refractivity contribution in [2.45, 2.75) is 40.5 Å². The Morgan fingerprint density at radius 1 is 1.23 bits per heavy atom. The molecule has 7 heteroatoms. The molecule has 3 rings (SSSR count). The van der Waals surface area contributed by atoms with Gasteiger partial charge in [-0.1, -0.05) is 37.6 Å². The average Bonchev–Trinajstić information content (AvgIpc) is 3.10. The summed E-state index contributed by atoms with van der Waals surface area (Å²) in [5, 5.41) is 14.5. The Kier molecular flexibility index (Phi) is 7.68. The largest absolute Gasteiger partial charge is 0.481 e. The van der Waals surface area contributed by atoms with Crippen LogP contribution in [-0.4, -0.2) is 27.6 Å². The molecule has 1 atom stereocenters. The normalized spacial score (nSPS) is 12.2. The van der Waals surface area contributed by atoms with E-state index in [9.17, 15) is 9.90 Å². The minimum absolute atomic E-state index is 0.303. The minimum atomic E-state index is -0.830. The second-order valence-electron chi connectivity index (χ2n) is 8.22. The van der Waals surface area contributed by atoms with E-state index in [1.807, 2.05) is 38.1 Å². The molecule has 0 spiro atoms. The van der Waals surface area contributed by atoms with E-state index in [2.05, 4.69) is 30.2 Å². The lowest BCUT2D eigenvalue weighted by molar-refractivity contribution is -0.141. The van der Waals surface area contributed by atoms with Crippen molar-refractivity contribution in [3.63, 3.8) is 0 Å². The zero-order valence-corrected chi connectivity index (χ0v) is 19.8. The summed E-state index contributed by atoms with van der Waals surface area (Å²) in [6.45, 7) is 8.55.